The van der Waals surface area contributed by atoms with E-state index in [0.29, 0.717) is 11.5 Å². The fourth-order valence-electron chi connectivity index (χ4n) is 1.86. The number of nitrogens with one attached hydrogen (secondary N) is 1. The van der Waals surface area contributed by atoms with Crippen molar-refractivity contribution in [2.75, 3.05) is 7.05 Å². The van der Waals surface area contributed by atoms with Crippen LogP contribution >= 0.6 is 15.9 Å². The van der Waals surface area contributed by atoms with E-state index in [1.54, 1.807) is 7.05 Å². The molecule has 0 amide bonds. The number of halogens is 3. The third-order valence-corrected chi connectivity index (χ3v) is 3.87. The molecule has 0 fully saturated rings. The molecule has 4 heteroatoms. The number of benzene rings is 1. The van der Waals surface area contributed by atoms with Gasteiger partial charge in [0.25, 0.3) is 0 Å². The first kappa shape index (κ1) is 14.6. The minimum atomic E-state index is -0.433. The maximum atomic E-state index is 13.9. The molecule has 0 saturated carbocycles. The van der Waals surface area contributed by atoms with Crippen LogP contribution in [0.5, 0.6) is 0 Å². The zero-order valence-corrected chi connectivity index (χ0v) is 12.1. The fourth-order valence-corrected chi connectivity index (χ4v) is 2.18. The molecule has 0 bridgehead atoms. The first-order valence-corrected chi connectivity index (χ1v) is 6.49. The molecule has 0 saturated heterocycles. The molecule has 2 atom stereocenters. The molecule has 17 heavy (non-hydrogen) atoms. The maximum absolute atomic E-state index is 13.9. The van der Waals surface area contributed by atoms with Gasteiger partial charge in [-0.3, -0.25) is 0 Å². The highest BCUT2D eigenvalue weighted by atomic mass is 79.9. The summed E-state index contributed by atoms with van der Waals surface area (Å²) < 4.78 is 27.5. The Kier molecular flexibility index (Phi) is 5.07. The van der Waals surface area contributed by atoms with Crippen molar-refractivity contribution in [2.45, 2.75) is 26.8 Å². The lowest BCUT2D eigenvalue weighted by Gasteiger charge is -2.27. The minimum absolute atomic E-state index is 0.158. The molecule has 0 heterocycles. The van der Waals surface area contributed by atoms with Gasteiger partial charge in [-0.25, -0.2) is 8.78 Å². The molecule has 0 aliphatic heterocycles. The van der Waals surface area contributed by atoms with E-state index in [4.69, 9.17) is 0 Å². The smallest absolute Gasteiger partial charge is 0.137 e. The van der Waals surface area contributed by atoms with E-state index in [1.807, 2.05) is 6.92 Å². The zero-order chi connectivity index (χ0) is 13.2. The van der Waals surface area contributed by atoms with Crippen LogP contribution in [0.25, 0.3) is 0 Å². The van der Waals surface area contributed by atoms with Crippen molar-refractivity contribution in [2.24, 2.45) is 11.8 Å². The molecule has 1 N–H and O–H groups in total. The molecule has 1 rings (SSSR count). The van der Waals surface area contributed by atoms with Crippen molar-refractivity contribution < 1.29 is 8.78 Å². The van der Waals surface area contributed by atoms with Crippen molar-refractivity contribution in [3.8, 4) is 0 Å². The van der Waals surface area contributed by atoms with Crippen LogP contribution < -0.4 is 5.32 Å². The summed E-state index contributed by atoms with van der Waals surface area (Å²) in [5.41, 5.74) is 0.384. The average Bonchev–Trinajstić information content (AvgIpc) is 2.25. The van der Waals surface area contributed by atoms with E-state index < -0.39 is 5.82 Å². The van der Waals surface area contributed by atoms with Crippen LogP contribution in [-0.2, 0) is 0 Å². The van der Waals surface area contributed by atoms with Crippen molar-refractivity contribution >= 4 is 15.9 Å². The van der Waals surface area contributed by atoms with Crippen LogP contribution in [0.3, 0.4) is 0 Å². The molecule has 1 aromatic carbocycles. The van der Waals surface area contributed by atoms with E-state index in [1.165, 1.54) is 12.1 Å². The molecule has 96 valence electrons. The molecular weight excluding hydrogens is 288 g/mol. The van der Waals surface area contributed by atoms with Crippen LogP contribution in [0.15, 0.2) is 16.6 Å². The molecular formula is C13H18BrF2N. The Balaban J connectivity index is 3.16. The summed E-state index contributed by atoms with van der Waals surface area (Å²) >= 11 is 2.98. The van der Waals surface area contributed by atoms with Crippen LogP contribution in [0.2, 0.25) is 0 Å². The maximum Gasteiger partial charge on any atom is 0.137 e. The Morgan fingerprint density at radius 1 is 1.12 bits per heavy atom. The van der Waals surface area contributed by atoms with Gasteiger partial charge in [0.2, 0.25) is 0 Å². The van der Waals surface area contributed by atoms with E-state index >= 15 is 0 Å². The zero-order valence-electron chi connectivity index (χ0n) is 10.5. The monoisotopic (exact) mass is 305 g/mol. The number of rotatable bonds is 4. The number of hydrogen-bond acceptors (Lipinski definition) is 1. The lowest BCUT2D eigenvalue weighted by Crippen LogP contribution is -2.27. The predicted molar refractivity (Wildman–Crippen MR) is 69.9 cm³/mol. The van der Waals surface area contributed by atoms with Crippen molar-refractivity contribution in [3.05, 3.63) is 33.8 Å². The predicted octanol–water partition coefficient (Wildman–Crippen LogP) is 4.28. The summed E-state index contributed by atoms with van der Waals surface area (Å²) in [4.78, 5) is 0. The summed E-state index contributed by atoms with van der Waals surface area (Å²) in [6.45, 7) is 6.18. The molecule has 0 aromatic heterocycles. The number of hydrogen-bond donors (Lipinski definition) is 1. The van der Waals surface area contributed by atoms with Crippen molar-refractivity contribution in [1.29, 1.82) is 0 Å². The highest BCUT2D eigenvalue weighted by Crippen LogP contribution is 2.31. The van der Waals surface area contributed by atoms with Crippen LogP contribution in [-0.4, -0.2) is 7.05 Å². The SMILES string of the molecule is CNC(c1cc(F)c(Br)cc1F)C(C)C(C)C. The highest BCUT2D eigenvalue weighted by Gasteiger charge is 2.24. The second-order valence-electron chi connectivity index (χ2n) is 4.66. The first-order valence-electron chi connectivity index (χ1n) is 5.70. The second-order valence-corrected chi connectivity index (χ2v) is 5.51. The van der Waals surface area contributed by atoms with Gasteiger partial charge < -0.3 is 5.32 Å². The lowest BCUT2D eigenvalue weighted by atomic mass is 9.86. The quantitative estimate of drug-likeness (QED) is 0.819. The normalized spacial score (nSPS) is 15.1. The minimum Gasteiger partial charge on any atom is -0.313 e. The topological polar surface area (TPSA) is 12.0 Å². The van der Waals surface area contributed by atoms with Gasteiger partial charge >= 0.3 is 0 Å². The molecule has 2 unspecified atom stereocenters. The highest BCUT2D eigenvalue weighted by molar-refractivity contribution is 9.10. The summed E-state index contributed by atoms with van der Waals surface area (Å²) in [7, 11) is 1.77. The molecule has 1 nitrogen and oxygen atoms in total. The summed E-state index contributed by atoms with van der Waals surface area (Å²) in [5.74, 6) is -0.212. The molecule has 0 aliphatic carbocycles. The van der Waals surface area contributed by atoms with Crippen LogP contribution in [0, 0.1) is 23.5 Å². The Labute approximate surface area is 110 Å². The fraction of sp³-hybridized carbons (Fsp3) is 0.538. The Morgan fingerprint density at radius 2 is 1.71 bits per heavy atom. The van der Waals surface area contributed by atoms with Gasteiger partial charge in [0, 0.05) is 11.6 Å². The van der Waals surface area contributed by atoms with Gasteiger partial charge in [-0.05, 0) is 46.9 Å². The Hall–Kier alpha value is -0.480. The van der Waals surface area contributed by atoms with Crippen LogP contribution in [0.1, 0.15) is 32.4 Å². The van der Waals surface area contributed by atoms with Gasteiger partial charge in [0.05, 0.1) is 4.47 Å². The van der Waals surface area contributed by atoms with E-state index in [9.17, 15) is 8.78 Å². The van der Waals surface area contributed by atoms with E-state index in [0.717, 1.165) is 0 Å². The molecule has 0 spiro atoms. The Morgan fingerprint density at radius 3 is 2.18 bits per heavy atom. The third kappa shape index (κ3) is 3.26. The molecule has 1 aromatic rings. The van der Waals surface area contributed by atoms with E-state index in [2.05, 4.69) is 35.1 Å². The van der Waals surface area contributed by atoms with Crippen LogP contribution in [0.4, 0.5) is 8.78 Å². The molecule has 0 aliphatic rings. The second kappa shape index (κ2) is 5.91. The largest absolute Gasteiger partial charge is 0.313 e. The van der Waals surface area contributed by atoms with Gasteiger partial charge in [0.1, 0.15) is 11.6 Å². The summed E-state index contributed by atoms with van der Waals surface area (Å²) in [5, 5.41) is 3.06. The van der Waals surface area contributed by atoms with Gasteiger partial charge in [-0.2, -0.15) is 0 Å². The lowest BCUT2D eigenvalue weighted by molar-refractivity contribution is 0.309. The van der Waals surface area contributed by atoms with E-state index in [-0.39, 0.29) is 22.2 Å². The first-order chi connectivity index (χ1) is 7.88. The summed E-state index contributed by atoms with van der Waals surface area (Å²) in [6.07, 6.45) is 0. The Bertz CT molecular complexity index is 393. The standard InChI is InChI=1S/C13H18BrF2N/c1-7(2)8(3)13(17-4)9-5-12(16)10(14)6-11(9)15/h5-8,13,17H,1-4H3. The van der Waals surface area contributed by atoms with Crippen molar-refractivity contribution in [3.63, 3.8) is 0 Å². The third-order valence-electron chi connectivity index (χ3n) is 3.26. The summed E-state index contributed by atoms with van der Waals surface area (Å²) in [6, 6.07) is 2.26. The van der Waals surface area contributed by atoms with Gasteiger partial charge in [-0.15, -0.1) is 0 Å². The van der Waals surface area contributed by atoms with Crippen molar-refractivity contribution in [1.82, 2.24) is 5.32 Å². The van der Waals surface area contributed by atoms with Gasteiger partial charge in [-0.1, -0.05) is 20.8 Å². The average molecular weight is 306 g/mol. The van der Waals surface area contributed by atoms with Gasteiger partial charge in [0.15, 0.2) is 0 Å². The molecule has 0 radical (unpaired) electrons.